The van der Waals surface area contributed by atoms with Gasteiger partial charge in [-0.1, -0.05) is 12.1 Å². The second-order valence-corrected chi connectivity index (χ2v) is 4.93. The van der Waals surface area contributed by atoms with Gasteiger partial charge in [0, 0.05) is 13.1 Å². The van der Waals surface area contributed by atoms with Crippen molar-refractivity contribution < 1.29 is 29.4 Å². The Morgan fingerprint density at radius 1 is 1.04 bits per heavy atom. The first-order chi connectivity index (χ1) is 10.9. The Hall–Kier alpha value is -3.10. The molecule has 9 nitrogen and oxygen atoms in total. The second-order valence-electron chi connectivity index (χ2n) is 4.93. The molecule has 0 saturated carbocycles. The number of imide groups is 1. The zero-order valence-corrected chi connectivity index (χ0v) is 12.0. The molecule has 9 heteroatoms. The first-order valence-corrected chi connectivity index (χ1v) is 6.81. The van der Waals surface area contributed by atoms with Crippen molar-refractivity contribution in [2.45, 2.75) is 12.5 Å². The van der Waals surface area contributed by atoms with E-state index in [1.54, 1.807) is 12.1 Å². The molecule has 1 aromatic carbocycles. The lowest BCUT2D eigenvalue weighted by Crippen LogP contribution is -2.46. The minimum Gasteiger partial charge on any atom is -0.465 e. The maximum atomic E-state index is 12.2. The normalized spacial score (nSPS) is 14.3. The molecule has 1 heterocycles. The van der Waals surface area contributed by atoms with E-state index >= 15 is 0 Å². The molecule has 4 amide bonds. The van der Waals surface area contributed by atoms with E-state index in [1.165, 1.54) is 12.1 Å². The van der Waals surface area contributed by atoms with Crippen LogP contribution in [0.4, 0.5) is 9.59 Å². The molecule has 1 aromatic rings. The molecule has 0 bridgehead atoms. The van der Waals surface area contributed by atoms with Gasteiger partial charge in [0.05, 0.1) is 17.2 Å². The first kappa shape index (κ1) is 16.3. The number of amides is 4. The topological polar surface area (TPSA) is 136 Å². The fourth-order valence-corrected chi connectivity index (χ4v) is 2.36. The summed E-state index contributed by atoms with van der Waals surface area (Å²) in [5.74, 6) is -0.983. The van der Waals surface area contributed by atoms with Crippen molar-refractivity contribution in [3.63, 3.8) is 0 Å². The highest BCUT2D eigenvalue weighted by molar-refractivity contribution is 6.21. The third-order valence-corrected chi connectivity index (χ3v) is 3.38. The maximum absolute atomic E-state index is 12.2. The van der Waals surface area contributed by atoms with Crippen LogP contribution in [-0.4, -0.2) is 58.2 Å². The molecule has 0 saturated heterocycles. The van der Waals surface area contributed by atoms with E-state index in [1.807, 2.05) is 0 Å². The molecule has 1 aliphatic rings. The third kappa shape index (κ3) is 3.76. The summed E-state index contributed by atoms with van der Waals surface area (Å²) >= 11 is 0. The van der Waals surface area contributed by atoms with Crippen LogP contribution in [0.15, 0.2) is 24.3 Å². The number of fused-ring (bicyclic) bond motifs is 1. The van der Waals surface area contributed by atoms with Gasteiger partial charge < -0.3 is 20.8 Å². The highest BCUT2D eigenvalue weighted by atomic mass is 16.4. The fourth-order valence-electron chi connectivity index (χ4n) is 2.36. The number of benzene rings is 1. The van der Waals surface area contributed by atoms with Gasteiger partial charge in [0.25, 0.3) is 11.8 Å². The Morgan fingerprint density at radius 3 is 2.09 bits per heavy atom. The molecule has 122 valence electrons. The van der Waals surface area contributed by atoms with E-state index in [0.717, 1.165) is 4.90 Å². The monoisotopic (exact) mass is 321 g/mol. The van der Waals surface area contributed by atoms with Crippen molar-refractivity contribution in [3.8, 4) is 0 Å². The number of hydrogen-bond donors (Lipinski definition) is 4. The summed E-state index contributed by atoms with van der Waals surface area (Å²) in [4.78, 5) is 46.7. The summed E-state index contributed by atoms with van der Waals surface area (Å²) in [6.07, 6.45) is -2.45. The lowest BCUT2D eigenvalue weighted by molar-refractivity contribution is 0.0634. The van der Waals surface area contributed by atoms with Gasteiger partial charge in [0.2, 0.25) is 0 Å². The molecule has 23 heavy (non-hydrogen) atoms. The molecule has 0 unspecified atom stereocenters. The minimum atomic E-state index is -1.32. The summed E-state index contributed by atoms with van der Waals surface area (Å²) < 4.78 is 0. The third-order valence-electron chi connectivity index (χ3n) is 3.38. The molecular formula is C14H15N3O6. The highest BCUT2D eigenvalue weighted by Crippen LogP contribution is 2.22. The number of carboxylic acid groups (broad SMARTS) is 2. The van der Waals surface area contributed by atoms with E-state index in [2.05, 4.69) is 10.6 Å². The molecule has 4 N–H and O–H groups in total. The van der Waals surface area contributed by atoms with Crippen molar-refractivity contribution in [2.24, 2.45) is 0 Å². The number of nitrogens with zero attached hydrogens (tertiary/aromatic N) is 1. The van der Waals surface area contributed by atoms with Crippen molar-refractivity contribution in [2.75, 3.05) is 13.1 Å². The summed E-state index contributed by atoms with van der Waals surface area (Å²) in [6, 6.07) is 5.55. The number of hydrogen-bond acceptors (Lipinski definition) is 4. The van der Waals surface area contributed by atoms with Crippen LogP contribution in [0.3, 0.4) is 0 Å². The van der Waals surface area contributed by atoms with Gasteiger partial charge in [-0.2, -0.15) is 0 Å². The Morgan fingerprint density at radius 2 is 1.61 bits per heavy atom. The van der Waals surface area contributed by atoms with Crippen LogP contribution in [0.25, 0.3) is 0 Å². The molecule has 0 aromatic heterocycles. The van der Waals surface area contributed by atoms with Crippen LogP contribution in [0.2, 0.25) is 0 Å². The number of rotatable bonds is 6. The molecule has 2 rings (SSSR count). The zero-order chi connectivity index (χ0) is 17.0. The lowest BCUT2D eigenvalue weighted by atomic mass is 10.1. The van der Waals surface area contributed by atoms with Crippen LogP contribution >= 0.6 is 0 Å². The lowest BCUT2D eigenvalue weighted by Gasteiger charge is -2.22. The number of nitrogens with one attached hydrogen (secondary N) is 2. The second kappa shape index (κ2) is 6.77. The molecule has 0 aliphatic carbocycles. The summed E-state index contributed by atoms with van der Waals surface area (Å²) in [5.41, 5.74) is 0.547. The number of carbonyl (C=O) groups is 4. The van der Waals surface area contributed by atoms with E-state index in [9.17, 15) is 19.2 Å². The van der Waals surface area contributed by atoms with Crippen molar-refractivity contribution in [1.29, 1.82) is 0 Å². The zero-order valence-electron chi connectivity index (χ0n) is 12.0. The van der Waals surface area contributed by atoms with Gasteiger partial charge in [-0.3, -0.25) is 14.5 Å². The molecular weight excluding hydrogens is 306 g/mol. The SMILES string of the molecule is O=C(O)NCC[C@@H](CN1C(=O)c2ccccc2C1=O)NC(=O)O. The van der Waals surface area contributed by atoms with Gasteiger partial charge in [-0.15, -0.1) is 0 Å². The summed E-state index contributed by atoms with van der Waals surface area (Å²) in [7, 11) is 0. The maximum Gasteiger partial charge on any atom is 0.404 e. The van der Waals surface area contributed by atoms with Crippen molar-refractivity contribution in [3.05, 3.63) is 35.4 Å². The van der Waals surface area contributed by atoms with Crippen LogP contribution < -0.4 is 10.6 Å². The van der Waals surface area contributed by atoms with E-state index in [-0.39, 0.29) is 30.6 Å². The molecule has 0 spiro atoms. The van der Waals surface area contributed by atoms with Gasteiger partial charge in [0.15, 0.2) is 0 Å². The standard InChI is InChI=1S/C14H15N3O6/c18-11-9-3-1-2-4-10(9)12(19)17(11)7-8(16-14(22)23)5-6-15-13(20)21/h1-4,8,15-16H,5-7H2,(H,20,21)(H,22,23)/t8-/m0/s1. The average Bonchev–Trinajstić information content (AvgIpc) is 2.72. The Kier molecular flexibility index (Phi) is 4.79. The smallest absolute Gasteiger partial charge is 0.404 e. The van der Waals surface area contributed by atoms with E-state index in [4.69, 9.17) is 10.2 Å². The van der Waals surface area contributed by atoms with Gasteiger partial charge >= 0.3 is 12.2 Å². The predicted molar refractivity (Wildman–Crippen MR) is 77.4 cm³/mol. The predicted octanol–water partition coefficient (Wildman–Crippen LogP) is 0.577. The summed E-state index contributed by atoms with van der Waals surface area (Å²) in [6.45, 7) is -0.177. The Bertz CT molecular complexity index is 625. The van der Waals surface area contributed by atoms with Gasteiger partial charge in [0.1, 0.15) is 0 Å². The van der Waals surface area contributed by atoms with Gasteiger partial charge in [-0.25, -0.2) is 9.59 Å². The van der Waals surface area contributed by atoms with Crippen LogP contribution in [0.1, 0.15) is 27.1 Å². The molecule has 0 fully saturated rings. The van der Waals surface area contributed by atoms with Crippen LogP contribution in [0, 0.1) is 0 Å². The largest absolute Gasteiger partial charge is 0.465 e. The first-order valence-electron chi connectivity index (χ1n) is 6.81. The molecule has 1 atom stereocenters. The van der Waals surface area contributed by atoms with Crippen LogP contribution in [0.5, 0.6) is 0 Å². The fraction of sp³-hybridized carbons (Fsp3) is 0.286. The van der Waals surface area contributed by atoms with E-state index in [0.29, 0.717) is 0 Å². The van der Waals surface area contributed by atoms with Crippen molar-refractivity contribution in [1.82, 2.24) is 15.5 Å². The average molecular weight is 321 g/mol. The Labute approximate surface area is 130 Å². The number of carbonyl (C=O) groups excluding carboxylic acids is 2. The quantitative estimate of drug-likeness (QED) is 0.566. The van der Waals surface area contributed by atoms with Crippen molar-refractivity contribution >= 4 is 24.0 Å². The highest BCUT2D eigenvalue weighted by Gasteiger charge is 2.36. The van der Waals surface area contributed by atoms with E-state index < -0.39 is 30.0 Å². The molecule has 1 aliphatic heterocycles. The minimum absolute atomic E-state index is 0.0105. The van der Waals surface area contributed by atoms with Gasteiger partial charge in [-0.05, 0) is 18.6 Å². The summed E-state index contributed by atoms with van der Waals surface area (Å²) in [5, 5.41) is 21.7. The Balaban J connectivity index is 2.07. The molecule has 0 radical (unpaired) electrons. The van der Waals surface area contributed by atoms with Crippen LogP contribution in [-0.2, 0) is 0 Å².